The van der Waals surface area contributed by atoms with Crippen LogP contribution in [-0.4, -0.2) is 21.7 Å². The lowest BCUT2D eigenvalue weighted by molar-refractivity contribution is 0.967. The topological polar surface area (TPSA) is 62.7 Å². The van der Waals surface area contributed by atoms with Gasteiger partial charge in [-0.15, -0.1) is 11.7 Å². The van der Waals surface area contributed by atoms with Gasteiger partial charge in [0.05, 0.1) is 6.20 Å². The number of rotatable bonds is 5. The van der Waals surface area contributed by atoms with Gasteiger partial charge in [-0.25, -0.2) is 0 Å². The summed E-state index contributed by atoms with van der Waals surface area (Å²) < 4.78 is 0. The molecule has 0 saturated carbocycles. The van der Waals surface area contributed by atoms with Crippen LogP contribution >= 0.6 is 0 Å². The standard InChI is InChI=1S/C15H19N5/c1-5-6-16-15-19-13(9-17-20-15)18-14-11(3)7-10(2)8-12(14)4/h5,7-9H,1,6H2,2-4H3,(H2,16,18,19,20). The minimum atomic E-state index is 0.484. The fourth-order valence-electron chi connectivity index (χ4n) is 2.11. The zero-order valence-electron chi connectivity index (χ0n) is 12.1. The molecule has 0 atom stereocenters. The maximum absolute atomic E-state index is 4.37. The van der Waals surface area contributed by atoms with Gasteiger partial charge in [-0.2, -0.15) is 10.1 Å². The summed E-state index contributed by atoms with van der Waals surface area (Å²) in [6, 6.07) is 4.28. The number of benzene rings is 1. The average molecular weight is 269 g/mol. The maximum Gasteiger partial charge on any atom is 0.244 e. The van der Waals surface area contributed by atoms with Gasteiger partial charge in [0, 0.05) is 12.2 Å². The van der Waals surface area contributed by atoms with Gasteiger partial charge in [0.25, 0.3) is 0 Å². The number of anilines is 3. The van der Waals surface area contributed by atoms with Gasteiger partial charge in [-0.3, -0.25) is 0 Å². The number of hydrogen-bond acceptors (Lipinski definition) is 5. The van der Waals surface area contributed by atoms with Gasteiger partial charge in [-0.05, 0) is 31.9 Å². The fraction of sp³-hybridized carbons (Fsp3) is 0.267. The molecule has 0 unspecified atom stereocenters. The highest BCUT2D eigenvalue weighted by Crippen LogP contribution is 2.24. The van der Waals surface area contributed by atoms with Crippen LogP contribution in [0.15, 0.2) is 31.0 Å². The molecule has 5 nitrogen and oxygen atoms in total. The summed E-state index contributed by atoms with van der Waals surface area (Å²) in [4.78, 5) is 4.37. The van der Waals surface area contributed by atoms with E-state index in [1.165, 1.54) is 16.7 Å². The highest BCUT2D eigenvalue weighted by molar-refractivity contribution is 5.65. The molecule has 0 spiro atoms. The Morgan fingerprint density at radius 3 is 2.55 bits per heavy atom. The average Bonchev–Trinajstić information content (AvgIpc) is 2.41. The quantitative estimate of drug-likeness (QED) is 0.816. The molecule has 0 amide bonds. The molecule has 1 heterocycles. The lowest BCUT2D eigenvalue weighted by Crippen LogP contribution is -2.06. The predicted octanol–water partition coefficient (Wildman–Crippen LogP) is 3.14. The molecule has 0 saturated heterocycles. The first kappa shape index (κ1) is 14.0. The van der Waals surface area contributed by atoms with Crippen molar-refractivity contribution in [3.8, 4) is 0 Å². The summed E-state index contributed by atoms with van der Waals surface area (Å²) in [6.45, 7) is 10.5. The molecule has 2 N–H and O–H groups in total. The molecule has 5 heteroatoms. The van der Waals surface area contributed by atoms with Crippen LogP contribution in [0.2, 0.25) is 0 Å². The van der Waals surface area contributed by atoms with E-state index in [0.717, 1.165) is 5.69 Å². The van der Waals surface area contributed by atoms with E-state index in [1.807, 2.05) is 0 Å². The smallest absolute Gasteiger partial charge is 0.244 e. The third-order valence-electron chi connectivity index (χ3n) is 2.89. The van der Waals surface area contributed by atoms with Crippen molar-refractivity contribution < 1.29 is 0 Å². The molecule has 1 aromatic heterocycles. The van der Waals surface area contributed by atoms with E-state index in [2.05, 4.69) is 65.3 Å². The lowest BCUT2D eigenvalue weighted by Gasteiger charge is -2.13. The summed E-state index contributed by atoms with van der Waals surface area (Å²) in [5.74, 6) is 1.15. The first-order chi connectivity index (χ1) is 9.60. The summed E-state index contributed by atoms with van der Waals surface area (Å²) in [7, 11) is 0. The second-order valence-electron chi connectivity index (χ2n) is 4.73. The maximum atomic E-state index is 4.37. The minimum absolute atomic E-state index is 0.484. The predicted molar refractivity (Wildman–Crippen MR) is 82.4 cm³/mol. The van der Waals surface area contributed by atoms with Crippen molar-refractivity contribution in [3.63, 3.8) is 0 Å². The van der Waals surface area contributed by atoms with Gasteiger partial charge < -0.3 is 10.6 Å². The third-order valence-corrected chi connectivity index (χ3v) is 2.89. The van der Waals surface area contributed by atoms with E-state index in [-0.39, 0.29) is 0 Å². The normalized spacial score (nSPS) is 10.2. The summed E-state index contributed by atoms with van der Waals surface area (Å²) in [5, 5.41) is 14.2. The van der Waals surface area contributed by atoms with Crippen molar-refractivity contribution in [1.29, 1.82) is 0 Å². The van der Waals surface area contributed by atoms with Crippen LogP contribution in [0.4, 0.5) is 17.5 Å². The lowest BCUT2D eigenvalue weighted by atomic mass is 10.1. The van der Waals surface area contributed by atoms with E-state index in [0.29, 0.717) is 18.3 Å². The summed E-state index contributed by atoms with van der Waals surface area (Å²) in [5.41, 5.74) is 4.67. The van der Waals surface area contributed by atoms with Crippen LogP contribution in [0.5, 0.6) is 0 Å². The molecule has 0 aliphatic rings. The van der Waals surface area contributed by atoms with E-state index in [1.54, 1.807) is 12.3 Å². The van der Waals surface area contributed by atoms with Crippen molar-refractivity contribution in [2.45, 2.75) is 20.8 Å². The van der Waals surface area contributed by atoms with Gasteiger partial charge in [-0.1, -0.05) is 23.8 Å². The van der Waals surface area contributed by atoms with Crippen molar-refractivity contribution in [2.75, 3.05) is 17.2 Å². The monoisotopic (exact) mass is 269 g/mol. The number of nitrogens with zero attached hydrogens (tertiary/aromatic N) is 3. The number of hydrogen-bond donors (Lipinski definition) is 2. The Balaban J connectivity index is 2.24. The van der Waals surface area contributed by atoms with Crippen molar-refractivity contribution >= 4 is 17.5 Å². The minimum Gasteiger partial charge on any atom is -0.349 e. The summed E-state index contributed by atoms with van der Waals surface area (Å²) in [6.07, 6.45) is 3.36. The zero-order valence-corrected chi connectivity index (χ0v) is 12.1. The second-order valence-corrected chi connectivity index (χ2v) is 4.73. The molecule has 0 aliphatic carbocycles. The fourth-order valence-corrected chi connectivity index (χ4v) is 2.11. The van der Waals surface area contributed by atoms with Crippen molar-refractivity contribution in [3.05, 3.63) is 47.7 Å². The van der Waals surface area contributed by atoms with Crippen LogP contribution in [0.1, 0.15) is 16.7 Å². The molecule has 104 valence electrons. The van der Waals surface area contributed by atoms with Crippen molar-refractivity contribution in [2.24, 2.45) is 0 Å². The Morgan fingerprint density at radius 2 is 1.90 bits per heavy atom. The summed E-state index contributed by atoms with van der Waals surface area (Å²) >= 11 is 0. The number of aromatic nitrogens is 3. The first-order valence-corrected chi connectivity index (χ1v) is 6.49. The third kappa shape index (κ3) is 3.32. The Bertz CT molecular complexity index is 598. The number of nitrogens with one attached hydrogen (secondary N) is 2. The molecule has 0 aliphatic heterocycles. The Labute approximate surface area is 119 Å². The molecular formula is C15H19N5. The SMILES string of the molecule is C=CCNc1nncc(Nc2c(C)cc(C)cc2C)n1. The van der Waals surface area contributed by atoms with Gasteiger partial charge >= 0.3 is 0 Å². The first-order valence-electron chi connectivity index (χ1n) is 6.49. The molecule has 20 heavy (non-hydrogen) atoms. The van der Waals surface area contributed by atoms with Crippen LogP contribution in [-0.2, 0) is 0 Å². The molecule has 2 rings (SSSR count). The highest BCUT2D eigenvalue weighted by Gasteiger charge is 2.06. The largest absolute Gasteiger partial charge is 0.349 e. The highest BCUT2D eigenvalue weighted by atomic mass is 15.3. The Morgan fingerprint density at radius 1 is 1.20 bits per heavy atom. The van der Waals surface area contributed by atoms with Crippen LogP contribution < -0.4 is 10.6 Å². The van der Waals surface area contributed by atoms with Gasteiger partial charge in [0.1, 0.15) is 0 Å². The van der Waals surface area contributed by atoms with E-state index in [9.17, 15) is 0 Å². The molecule has 1 aromatic carbocycles. The second kappa shape index (κ2) is 6.14. The zero-order chi connectivity index (χ0) is 14.5. The molecule has 0 bridgehead atoms. The van der Waals surface area contributed by atoms with E-state index >= 15 is 0 Å². The van der Waals surface area contributed by atoms with Crippen LogP contribution in [0.3, 0.4) is 0 Å². The molecule has 0 fully saturated rings. The Hall–Kier alpha value is -2.43. The van der Waals surface area contributed by atoms with Gasteiger partial charge in [0.2, 0.25) is 5.95 Å². The molecule has 0 radical (unpaired) electrons. The number of aryl methyl sites for hydroxylation is 3. The molecule has 2 aromatic rings. The molecular weight excluding hydrogens is 250 g/mol. The Kier molecular flexibility index (Phi) is 4.30. The van der Waals surface area contributed by atoms with E-state index in [4.69, 9.17) is 0 Å². The van der Waals surface area contributed by atoms with E-state index < -0.39 is 0 Å². The van der Waals surface area contributed by atoms with Crippen molar-refractivity contribution in [1.82, 2.24) is 15.2 Å². The van der Waals surface area contributed by atoms with Gasteiger partial charge in [0.15, 0.2) is 5.82 Å². The van der Waals surface area contributed by atoms with Crippen LogP contribution in [0, 0.1) is 20.8 Å². The van der Waals surface area contributed by atoms with Crippen LogP contribution in [0.25, 0.3) is 0 Å².